The quantitative estimate of drug-likeness (QED) is 0.635. The highest BCUT2D eigenvalue weighted by Gasteiger charge is 2.33. The van der Waals surface area contributed by atoms with Gasteiger partial charge in [0, 0.05) is 5.56 Å². The maximum atomic E-state index is 14.6. The Kier molecular flexibility index (Phi) is 6.96. The van der Waals surface area contributed by atoms with Gasteiger partial charge in [0.15, 0.2) is 6.29 Å². The fourth-order valence-corrected chi connectivity index (χ4v) is 3.23. The Labute approximate surface area is 176 Å². The average Bonchev–Trinajstić information content (AvgIpc) is 3.26. The summed E-state index contributed by atoms with van der Waals surface area (Å²) in [7, 11) is 1.31. The first-order valence-corrected chi connectivity index (χ1v) is 9.49. The maximum absolute atomic E-state index is 14.6. The Bertz CT molecular complexity index is 954. The normalized spacial score (nSPS) is 16.4. The summed E-state index contributed by atoms with van der Waals surface area (Å²) in [6.45, 7) is 3.54. The van der Waals surface area contributed by atoms with E-state index in [0.717, 1.165) is 6.07 Å². The van der Waals surface area contributed by atoms with E-state index in [1.807, 2.05) is 0 Å². The number of methoxy groups -OCH3 is 1. The molecule has 0 spiro atoms. The van der Waals surface area contributed by atoms with E-state index >= 15 is 0 Å². The Balaban J connectivity index is 2.08. The van der Waals surface area contributed by atoms with Gasteiger partial charge < -0.3 is 24.6 Å². The highest BCUT2D eigenvalue weighted by Crippen LogP contribution is 2.37. The topological polar surface area (TPSA) is 103 Å². The van der Waals surface area contributed by atoms with Gasteiger partial charge in [-0.2, -0.15) is 9.97 Å². The Morgan fingerprint density at radius 1 is 1.23 bits per heavy atom. The van der Waals surface area contributed by atoms with Crippen LogP contribution in [-0.2, 0) is 14.3 Å². The molecule has 0 bridgehead atoms. The minimum Gasteiger partial charge on any atom is -0.481 e. The fraction of sp³-hybridized carbons (Fsp3) is 0.450. The van der Waals surface area contributed by atoms with Crippen LogP contribution in [-0.4, -0.2) is 41.4 Å². The number of benzene rings is 1. The molecule has 11 heteroatoms. The summed E-state index contributed by atoms with van der Waals surface area (Å²) < 4.78 is 57.0. The minimum atomic E-state index is -2.97. The Hall–Kier alpha value is -2.92. The lowest BCUT2D eigenvalue weighted by atomic mass is 10.0. The number of nitrogens with zero attached hydrogens (tertiary/aromatic N) is 2. The van der Waals surface area contributed by atoms with Crippen molar-refractivity contribution in [3.63, 3.8) is 0 Å². The van der Waals surface area contributed by atoms with Crippen molar-refractivity contribution in [2.75, 3.05) is 25.6 Å². The lowest BCUT2D eigenvalue weighted by Gasteiger charge is -2.24. The summed E-state index contributed by atoms with van der Waals surface area (Å²) in [5, 5.41) is 12.5. The average molecular weight is 441 g/mol. The molecule has 8 nitrogen and oxygen atoms in total. The molecular weight excluding hydrogens is 419 g/mol. The van der Waals surface area contributed by atoms with Gasteiger partial charge in [-0.05, 0) is 13.8 Å². The molecule has 0 amide bonds. The number of ether oxygens (including phenoxy) is 3. The van der Waals surface area contributed by atoms with Crippen LogP contribution in [0, 0.1) is 5.82 Å². The first-order valence-electron chi connectivity index (χ1n) is 9.49. The zero-order valence-electron chi connectivity index (χ0n) is 17.1. The van der Waals surface area contributed by atoms with Crippen molar-refractivity contribution in [1.29, 1.82) is 0 Å². The van der Waals surface area contributed by atoms with E-state index in [-0.39, 0.29) is 41.9 Å². The molecule has 1 fully saturated rings. The van der Waals surface area contributed by atoms with E-state index in [9.17, 15) is 23.1 Å². The van der Waals surface area contributed by atoms with Crippen LogP contribution in [0.5, 0.6) is 6.01 Å². The minimum absolute atomic E-state index is 0.0116. The number of hydrogen-bond acceptors (Lipinski definition) is 7. The zero-order valence-corrected chi connectivity index (χ0v) is 17.1. The molecule has 1 aliphatic rings. The third-order valence-corrected chi connectivity index (χ3v) is 4.89. The molecular formula is C20H22F3N3O5. The van der Waals surface area contributed by atoms with Gasteiger partial charge in [0.25, 0.3) is 6.43 Å². The summed E-state index contributed by atoms with van der Waals surface area (Å²) in [6.07, 6.45) is -3.92. The van der Waals surface area contributed by atoms with Crippen LogP contribution in [0.15, 0.2) is 18.2 Å². The number of halogens is 3. The predicted octanol–water partition coefficient (Wildman–Crippen LogP) is 3.97. The van der Waals surface area contributed by atoms with Gasteiger partial charge in [-0.1, -0.05) is 18.2 Å². The summed E-state index contributed by atoms with van der Waals surface area (Å²) in [6, 6.07) is 2.79. The van der Waals surface area contributed by atoms with Gasteiger partial charge in [0.1, 0.15) is 11.6 Å². The van der Waals surface area contributed by atoms with E-state index in [4.69, 9.17) is 14.2 Å². The van der Waals surface area contributed by atoms with Crippen molar-refractivity contribution < 1.29 is 37.3 Å². The number of rotatable bonds is 8. The molecule has 1 saturated heterocycles. The monoisotopic (exact) mass is 441 g/mol. The molecule has 1 unspecified atom stereocenters. The number of aliphatic carboxylic acids is 1. The van der Waals surface area contributed by atoms with E-state index in [1.165, 1.54) is 26.2 Å². The van der Waals surface area contributed by atoms with Crippen molar-refractivity contribution >= 4 is 11.8 Å². The van der Waals surface area contributed by atoms with Crippen molar-refractivity contribution in [2.24, 2.45) is 0 Å². The Morgan fingerprint density at radius 3 is 2.45 bits per heavy atom. The van der Waals surface area contributed by atoms with Gasteiger partial charge in [0.05, 0.1) is 49.1 Å². The molecule has 31 heavy (non-hydrogen) atoms. The predicted molar refractivity (Wildman–Crippen MR) is 103 cm³/mol. The van der Waals surface area contributed by atoms with E-state index in [0.29, 0.717) is 0 Å². The van der Waals surface area contributed by atoms with Crippen LogP contribution in [0.1, 0.15) is 60.9 Å². The van der Waals surface area contributed by atoms with Crippen molar-refractivity contribution in [3.05, 3.63) is 46.4 Å². The van der Waals surface area contributed by atoms with Crippen LogP contribution in [0.3, 0.4) is 0 Å². The second kappa shape index (κ2) is 9.48. The first kappa shape index (κ1) is 22.8. The van der Waals surface area contributed by atoms with Gasteiger partial charge in [0.2, 0.25) is 0 Å². The molecule has 0 aliphatic carbocycles. The molecule has 1 aromatic heterocycles. The lowest BCUT2D eigenvalue weighted by Crippen LogP contribution is -2.20. The molecule has 1 aromatic carbocycles. The molecule has 2 atom stereocenters. The molecule has 0 radical (unpaired) electrons. The lowest BCUT2D eigenvalue weighted by molar-refractivity contribution is -0.138. The molecule has 3 rings (SSSR count). The van der Waals surface area contributed by atoms with Crippen LogP contribution in [0.2, 0.25) is 0 Å². The van der Waals surface area contributed by atoms with Crippen molar-refractivity contribution in [2.45, 2.75) is 38.5 Å². The van der Waals surface area contributed by atoms with E-state index < -0.39 is 42.0 Å². The van der Waals surface area contributed by atoms with Crippen LogP contribution < -0.4 is 10.1 Å². The highest BCUT2D eigenvalue weighted by atomic mass is 19.3. The molecule has 168 valence electrons. The number of hydrogen-bond donors (Lipinski definition) is 2. The third-order valence-electron chi connectivity index (χ3n) is 4.89. The zero-order chi connectivity index (χ0) is 22.7. The summed E-state index contributed by atoms with van der Waals surface area (Å²) >= 11 is 0. The summed E-state index contributed by atoms with van der Waals surface area (Å²) in [5.41, 5.74) is -0.398. The van der Waals surface area contributed by atoms with E-state index in [2.05, 4.69) is 15.3 Å². The van der Waals surface area contributed by atoms with Gasteiger partial charge in [-0.3, -0.25) is 4.79 Å². The van der Waals surface area contributed by atoms with Crippen molar-refractivity contribution in [1.82, 2.24) is 9.97 Å². The number of nitrogens with one attached hydrogen (secondary N) is 1. The summed E-state index contributed by atoms with van der Waals surface area (Å²) in [5.74, 6) is -3.15. The SMILES string of the molecule is COc1nc(N[C@H](C)c2cccc(C(F)F)c2F)c(C2OCCO2)c(C(C)C(=O)O)n1. The van der Waals surface area contributed by atoms with Gasteiger partial charge >= 0.3 is 12.0 Å². The number of carboxylic acids is 1. The summed E-state index contributed by atoms with van der Waals surface area (Å²) in [4.78, 5) is 20.0. The number of anilines is 1. The first-order chi connectivity index (χ1) is 14.7. The van der Waals surface area contributed by atoms with Gasteiger partial charge in [-0.25, -0.2) is 13.2 Å². The number of carbonyl (C=O) groups is 1. The third kappa shape index (κ3) is 4.72. The molecule has 1 aliphatic heterocycles. The highest BCUT2D eigenvalue weighted by molar-refractivity contribution is 5.76. The second-order valence-corrected chi connectivity index (χ2v) is 6.91. The van der Waals surface area contributed by atoms with Crippen LogP contribution in [0.25, 0.3) is 0 Å². The standard InChI is InChI=1S/C20H22F3N3O5/c1-9(18(27)28)15-13(19-30-7-8-31-19)17(26-20(25-15)29-3)24-10(2)11-5-4-6-12(14(11)21)16(22)23/h4-6,9-10,16,19H,7-8H2,1-3H3,(H,27,28)(H,24,25,26)/t9?,10-/m1/s1. The number of carboxylic acid groups (broad SMARTS) is 1. The van der Waals surface area contributed by atoms with E-state index in [1.54, 1.807) is 6.92 Å². The number of alkyl halides is 2. The van der Waals surface area contributed by atoms with Crippen LogP contribution >= 0.6 is 0 Å². The van der Waals surface area contributed by atoms with Crippen LogP contribution in [0.4, 0.5) is 19.0 Å². The number of aromatic nitrogens is 2. The molecule has 2 heterocycles. The second-order valence-electron chi connectivity index (χ2n) is 6.91. The largest absolute Gasteiger partial charge is 0.481 e. The smallest absolute Gasteiger partial charge is 0.318 e. The molecule has 2 N–H and O–H groups in total. The fourth-order valence-electron chi connectivity index (χ4n) is 3.23. The molecule has 2 aromatic rings. The maximum Gasteiger partial charge on any atom is 0.318 e. The Morgan fingerprint density at radius 2 is 1.87 bits per heavy atom. The van der Waals surface area contributed by atoms with Crippen molar-refractivity contribution in [3.8, 4) is 6.01 Å². The molecule has 0 saturated carbocycles. The van der Waals surface area contributed by atoms with Gasteiger partial charge in [-0.15, -0.1) is 0 Å².